The topological polar surface area (TPSA) is 91.2 Å². The summed E-state index contributed by atoms with van der Waals surface area (Å²) >= 11 is 0. The van der Waals surface area contributed by atoms with E-state index in [0.717, 1.165) is 5.56 Å². The number of amides is 1. The molecule has 1 atom stereocenters. The Bertz CT molecular complexity index is 940. The molecule has 0 aliphatic rings. The number of nitrogens with zero attached hydrogens (tertiary/aromatic N) is 4. The number of aromatic nitrogens is 4. The summed E-state index contributed by atoms with van der Waals surface area (Å²) in [5, 5.41) is 15.5. The van der Waals surface area contributed by atoms with Crippen molar-refractivity contribution in [2.24, 2.45) is 5.92 Å². The van der Waals surface area contributed by atoms with E-state index in [9.17, 15) is 4.79 Å². The summed E-state index contributed by atoms with van der Waals surface area (Å²) in [5.74, 6) is 1.29. The van der Waals surface area contributed by atoms with Crippen LogP contribution < -0.4 is 14.8 Å². The second-order valence-electron chi connectivity index (χ2n) is 6.54. The fourth-order valence-electron chi connectivity index (χ4n) is 2.84. The average Bonchev–Trinajstić information content (AvgIpc) is 3.17. The number of methoxy groups -OCH3 is 2. The minimum atomic E-state index is -0.638. The summed E-state index contributed by atoms with van der Waals surface area (Å²) < 4.78 is 10.6. The maximum absolute atomic E-state index is 13.0. The van der Waals surface area contributed by atoms with E-state index in [-0.39, 0.29) is 11.8 Å². The van der Waals surface area contributed by atoms with E-state index in [2.05, 4.69) is 20.7 Å². The van der Waals surface area contributed by atoms with Crippen molar-refractivity contribution in [3.8, 4) is 22.9 Å². The fraction of sp³-hybridized carbons (Fsp3) is 0.300. The Kier molecular flexibility index (Phi) is 5.88. The van der Waals surface area contributed by atoms with Crippen molar-refractivity contribution >= 4 is 11.6 Å². The van der Waals surface area contributed by atoms with E-state index in [1.165, 1.54) is 4.80 Å². The molecule has 3 rings (SSSR count). The van der Waals surface area contributed by atoms with E-state index in [4.69, 9.17) is 9.47 Å². The highest BCUT2D eigenvalue weighted by atomic mass is 16.5. The van der Waals surface area contributed by atoms with Crippen molar-refractivity contribution < 1.29 is 14.3 Å². The summed E-state index contributed by atoms with van der Waals surface area (Å²) in [6.45, 7) is 3.86. The van der Waals surface area contributed by atoms with Crippen molar-refractivity contribution in [1.82, 2.24) is 20.2 Å². The molecule has 1 N–H and O–H groups in total. The number of nitrogens with one attached hydrogen (secondary N) is 1. The third-order valence-corrected chi connectivity index (χ3v) is 4.27. The van der Waals surface area contributed by atoms with Gasteiger partial charge in [0.25, 0.3) is 5.91 Å². The van der Waals surface area contributed by atoms with Crippen LogP contribution in [-0.2, 0) is 4.79 Å². The van der Waals surface area contributed by atoms with Crippen molar-refractivity contribution in [2.75, 3.05) is 19.5 Å². The van der Waals surface area contributed by atoms with Crippen molar-refractivity contribution in [1.29, 1.82) is 0 Å². The number of hydrogen-bond donors (Lipinski definition) is 1. The predicted molar refractivity (Wildman–Crippen MR) is 105 cm³/mol. The smallest absolute Gasteiger partial charge is 0.251 e. The van der Waals surface area contributed by atoms with E-state index < -0.39 is 6.04 Å². The predicted octanol–water partition coefficient (Wildman–Crippen LogP) is 3.19. The highest BCUT2D eigenvalue weighted by Gasteiger charge is 2.28. The molecule has 28 heavy (non-hydrogen) atoms. The van der Waals surface area contributed by atoms with Gasteiger partial charge >= 0.3 is 0 Å². The lowest BCUT2D eigenvalue weighted by molar-refractivity contribution is -0.121. The number of rotatable bonds is 7. The van der Waals surface area contributed by atoms with Crippen molar-refractivity contribution in [3.05, 3.63) is 48.5 Å². The minimum absolute atomic E-state index is 0.0607. The Balaban J connectivity index is 1.87. The molecule has 1 unspecified atom stereocenters. The number of carbonyl (C=O) groups excluding carboxylic acids is 1. The zero-order chi connectivity index (χ0) is 20.1. The summed E-state index contributed by atoms with van der Waals surface area (Å²) in [6, 6.07) is 14.1. The van der Waals surface area contributed by atoms with Crippen LogP contribution in [0.2, 0.25) is 0 Å². The van der Waals surface area contributed by atoms with E-state index >= 15 is 0 Å². The maximum Gasteiger partial charge on any atom is 0.251 e. The molecule has 0 bridgehead atoms. The van der Waals surface area contributed by atoms with Gasteiger partial charge in [-0.1, -0.05) is 44.2 Å². The number of carbonyl (C=O) groups is 1. The molecule has 1 heterocycles. The van der Waals surface area contributed by atoms with Gasteiger partial charge in [0.15, 0.2) is 6.04 Å². The van der Waals surface area contributed by atoms with Gasteiger partial charge in [0, 0.05) is 11.6 Å². The Labute approximate surface area is 163 Å². The summed E-state index contributed by atoms with van der Waals surface area (Å²) in [4.78, 5) is 14.4. The molecule has 0 aliphatic heterocycles. The summed E-state index contributed by atoms with van der Waals surface area (Å²) in [6.07, 6.45) is 0. The van der Waals surface area contributed by atoms with E-state index in [1.54, 1.807) is 32.4 Å². The zero-order valence-corrected chi connectivity index (χ0v) is 16.3. The van der Waals surface area contributed by atoms with Gasteiger partial charge in [-0.3, -0.25) is 4.79 Å². The lowest BCUT2D eigenvalue weighted by Crippen LogP contribution is -2.31. The second kappa shape index (κ2) is 8.51. The fourth-order valence-corrected chi connectivity index (χ4v) is 2.84. The summed E-state index contributed by atoms with van der Waals surface area (Å²) in [7, 11) is 3.11. The quantitative estimate of drug-likeness (QED) is 0.676. The molecule has 3 aromatic rings. The molecule has 0 saturated carbocycles. The number of hydrogen-bond acceptors (Lipinski definition) is 6. The third-order valence-electron chi connectivity index (χ3n) is 4.27. The van der Waals surface area contributed by atoms with Gasteiger partial charge in [-0.25, -0.2) is 0 Å². The van der Waals surface area contributed by atoms with Gasteiger partial charge in [0.2, 0.25) is 5.82 Å². The first-order valence-corrected chi connectivity index (χ1v) is 8.91. The lowest BCUT2D eigenvalue weighted by atomic mass is 10.0. The van der Waals surface area contributed by atoms with Gasteiger partial charge in [-0.15, -0.1) is 10.2 Å². The highest BCUT2D eigenvalue weighted by molar-refractivity contribution is 5.95. The molecule has 0 spiro atoms. The Morgan fingerprint density at radius 1 is 1.07 bits per heavy atom. The van der Waals surface area contributed by atoms with Crippen LogP contribution in [0.3, 0.4) is 0 Å². The molecule has 2 aromatic carbocycles. The average molecular weight is 381 g/mol. The first-order chi connectivity index (χ1) is 13.5. The Morgan fingerprint density at radius 2 is 1.82 bits per heavy atom. The second-order valence-corrected chi connectivity index (χ2v) is 6.54. The first kappa shape index (κ1) is 19.3. The molecule has 8 nitrogen and oxygen atoms in total. The molecule has 0 aliphatic carbocycles. The monoisotopic (exact) mass is 381 g/mol. The SMILES string of the molecule is COc1ccc(OC)c(NC(=O)C(C(C)C)n2nnc(-c3ccccc3)n2)c1. The normalized spacial score (nSPS) is 11.9. The van der Waals surface area contributed by atoms with Crippen LogP contribution in [0.5, 0.6) is 11.5 Å². The van der Waals surface area contributed by atoms with Gasteiger partial charge < -0.3 is 14.8 Å². The van der Waals surface area contributed by atoms with Gasteiger partial charge in [0.1, 0.15) is 11.5 Å². The molecule has 0 radical (unpaired) electrons. The lowest BCUT2D eigenvalue weighted by Gasteiger charge is -2.20. The molecule has 1 amide bonds. The maximum atomic E-state index is 13.0. The van der Waals surface area contributed by atoms with Gasteiger partial charge in [-0.2, -0.15) is 4.80 Å². The van der Waals surface area contributed by atoms with Crippen LogP contribution in [0.4, 0.5) is 5.69 Å². The standard InChI is InChI=1S/C20H23N5O3/c1-13(2)18(25-23-19(22-24-25)14-8-6-5-7-9-14)20(26)21-16-12-15(27-3)10-11-17(16)28-4/h5-13,18H,1-4H3,(H,21,26). The molecule has 8 heteroatoms. The van der Waals surface area contributed by atoms with Crippen LogP contribution in [0.25, 0.3) is 11.4 Å². The van der Waals surface area contributed by atoms with Crippen LogP contribution in [0.15, 0.2) is 48.5 Å². The van der Waals surface area contributed by atoms with Crippen LogP contribution in [0.1, 0.15) is 19.9 Å². The van der Waals surface area contributed by atoms with Crippen LogP contribution in [-0.4, -0.2) is 40.3 Å². The molecule has 146 valence electrons. The molecular formula is C20H23N5O3. The summed E-state index contributed by atoms with van der Waals surface area (Å²) in [5.41, 5.74) is 1.35. The minimum Gasteiger partial charge on any atom is -0.497 e. The molecule has 0 saturated heterocycles. The zero-order valence-electron chi connectivity index (χ0n) is 16.3. The van der Waals surface area contributed by atoms with Crippen molar-refractivity contribution in [3.63, 3.8) is 0 Å². The van der Waals surface area contributed by atoms with Crippen LogP contribution in [0, 0.1) is 5.92 Å². The van der Waals surface area contributed by atoms with Gasteiger partial charge in [-0.05, 0) is 23.3 Å². The Hall–Kier alpha value is -3.42. The Morgan fingerprint density at radius 3 is 2.46 bits per heavy atom. The van der Waals surface area contributed by atoms with E-state index in [1.807, 2.05) is 44.2 Å². The number of ether oxygens (including phenoxy) is 2. The molecular weight excluding hydrogens is 358 g/mol. The van der Waals surface area contributed by atoms with Crippen LogP contribution >= 0.6 is 0 Å². The number of anilines is 1. The van der Waals surface area contributed by atoms with E-state index in [0.29, 0.717) is 23.0 Å². The largest absolute Gasteiger partial charge is 0.497 e. The molecule has 0 fully saturated rings. The highest BCUT2D eigenvalue weighted by Crippen LogP contribution is 2.30. The number of benzene rings is 2. The van der Waals surface area contributed by atoms with Gasteiger partial charge in [0.05, 0.1) is 19.9 Å². The third kappa shape index (κ3) is 4.11. The number of tetrazole rings is 1. The van der Waals surface area contributed by atoms with Crippen molar-refractivity contribution in [2.45, 2.75) is 19.9 Å². The molecule has 1 aromatic heterocycles. The first-order valence-electron chi connectivity index (χ1n) is 8.91.